The van der Waals surface area contributed by atoms with Gasteiger partial charge in [-0.25, -0.2) is 9.48 Å². The first-order chi connectivity index (χ1) is 20.1. The van der Waals surface area contributed by atoms with Gasteiger partial charge in [0.2, 0.25) is 0 Å². The Bertz CT molecular complexity index is 1050. The van der Waals surface area contributed by atoms with Crippen molar-refractivity contribution in [1.29, 1.82) is 0 Å². The fourth-order valence-electron chi connectivity index (χ4n) is 7.02. The summed E-state index contributed by atoms with van der Waals surface area (Å²) in [6, 6.07) is 0. The Morgan fingerprint density at radius 1 is 1.09 bits per heavy atom. The van der Waals surface area contributed by atoms with Gasteiger partial charge in [0.15, 0.2) is 8.32 Å². The minimum atomic E-state index is -1.85. The van der Waals surface area contributed by atoms with Crippen LogP contribution in [0.3, 0.4) is 0 Å². The molecule has 3 aliphatic rings. The van der Waals surface area contributed by atoms with Crippen molar-refractivity contribution < 1.29 is 18.7 Å². The first-order valence-corrected chi connectivity index (χ1v) is 20.0. The lowest BCUT2D eigenvalue weighted by atomic mass is 9.65. The number of hydrogen-bond acceptors (Lipinski definition) is 6. The molecule has 2 saturated carbocycles. The van der Waals surface area contributed by atoms with Crippen LogP contribution in [0.15, 0.2) is 6.20 Å². The number of carbonyl (C=O) groups excluding carboxylic acids is 1. The van der Waals surface area contributed by atoms with E-state index < -0.39 is 13.9 Å². The standard InChI is InChI=1S/C34H62N4O4Si/c1-32(2,3)41-31(39)37(7)22-21-35-20-17-27-25-38(29-14-10-13-23-40-29)36-30(27)26-15-16-28(34(24-26)18-11-12-19-34)42-43(8,9)33(4,5)6/h25-26,28-29,35H,10-24H2,1-9H3. The molecule has 246 valence electrons. The van der Waals surface area contributed by atoms with E-state index in [2.05, 4.69) is 50.1 Å². The number of nitrogens with one attached hydrogen (secondary N) is 1. The first-order valence-electron chi connectivity index (χ1n) is 17.1. The predicted octanol–water partition coefficient (Wildman–Crippen LogP) is 7.80. The number of amides is 1. The molecule has 1 aromatic rings. The van der Waals surface area contributed by atoms with Crippen molar-refractivity contribution in [3.05, 3.63) is 17.5 Å². The minimum absolute atomic E-state index is 0.0513. The van der Waals surface area contributed by atoms with Crippen LogP contribution in [0.2, 0.25) is 18.1 Å². The molecule has 8 nitrogen and oxygen atoms in total. The van der Waals surface area contributed by atoms with Crippen LogP contribution in [0.5, 0.6) is 0 Å². The van der Waals surface area contributed by atoms with Gasteiger partial charge < -0.3 is 24.1 Å². The summed E-state index contributed by atoms with van der Waals surface area (Å²) in [6.45, 7) is 20.6. The van der Waals surface area contributed by atoms with Gasteiger partial charge in [-0.05, 0) is 114 Å². The zero-order chi connectivity index (χ0) is 31.5. The van der Waals surface area contributed by atoms with Crippen LogP contribution < -0.4 is 5.32 Å². The fraction of sp³-hybridized carbons (Fsp3) is 0.882. The van der Waals surface area contributed by atoms with Crippen molar-refractivity contribution in [2.45, 2.75) is 154 Å². The lowest BCUT2D eigenvalue weighted by Gasteiger charge is -2.49. The largest absolute Gasteiger partial charge is 0.444 e. The monoisotopic (exact) mass is 618 g/mol. The predicted molar refractivity (Wildman–Crippen MR) is 176 cm³/mol. The van der Waals surface area contributed by atoms with Gasteiger partial charge in [0.05, 0.1) is 11.8 Å². The molecule has 9 heteroatoms. The number of rotatable bonds is 10. The molecule has 3 fully saturated rings. The molecule has 3 unspecified atom stereocenters. The lowest BCUT2D eigenvalue weighted by Crippen LogP contribution is -2.50. The number of likely N-dealkylation sites (N-methyl/N-ethyl adjacent to an activating group) is 1. The van der Waals surface area contributed by atoms with Gasteiger partial charge >= 0.3 is 6.09 Å². The third-order valence-electron chi connectivity index (χ3n) is 10.5. The van der Waals surface area contributed by atoms with E-state index >= 15 is 0 Å². The maximum absolute atomic E-state index is 12.3. The van der Waals surface area contributed by atoms with Crippen LogP contribution in [0, 0.1) is 5.41 Å². The topological polar surface area (TPSA) is 77.9 Å². The molecule has 43 heavy (non-hydrogen) atoms. The Kier molecular flexibility index (Phi) is 11.2. The van der Waals surface area contributed by atoms with Crippen LogP contribution >= 0.6 is 0 Å². The van der Waals surface area contributed by atoms with Crippen LogP contribution in [-0.2, 0) is 20.3 Å². The van der Waals surface area contributed by atoms with Crippen molar-refractivity contribution >= 4 is 14.4 Å². The van der Waals surface area contributed by atoms with Crippen molar-refractivity contribution in [1.82, 2.24) is 20.0 Å². The average molecular weight is 619 g/mol. The lowest BCUT2D eigenvalue weighted by molar-refractivity contribution is -0.0402. The van der Waals surface area contributed by atoms with Gasteiger partial charge in [-0.2, -0.15) is 5.10 Å². The molecule has 1 aromatic heterocycles. The summed E-state index contributed by atoms with van der Waals surface area (Å²) >= 11 is 0. The van der Waals surface area contributed by atoms with Crippen molar-refractivity contribution in [2.75, 3.05) is 33.3 Å². The molecule has 2 aliphatic carbocycles. The summed E-state index contributed by atoms with van der Waals surface area (Å²) in [5.74, 6) is 0.468. The highest BCUT2D eigenvalue weighted by Gasteiger charge is 2.51. The van der Waals surface area contributed by atoms with E-state index in [9.17, 15) is 4.79 Å². The van der Waals surface area contributed by atoms with E-state index in [1.54, 1.807) is 11.9 Å². The van der Waals surface area contributed by atoms with E-state index in [0.29, 0.717) is 18.6 Å². The van der Waals surface area contributed by atoms with E-state index in [0.717, 1.165) is 51.8 Å². The molecule has 0 bridgehead atoms. The van der Waals surface area contributed by atoms with E-state index in [1.807, 2.05) is 20.8 Å². The summed E-state index contributed by atoms with van der Waals surface area (Å²) in [5.41, 5.74) is 2.44. The van der Waals surface area contributed by atoms with Crippen LogP contribution in [0.25, 0.3) is 0 Å². The average Bonchev–Trinajstić information content (AvgIpc) is 3.56. The van der Waals surface area contributed by atoms with Crippen molar-refractivity contribution in [3.8, 4) is 0 Å². The Hall–Kier alpha value is -1.42. The fourth-order valence-corrected chi connectivity index (χ4v) is 8.46. The van der Waals surface area contributed by atoms with Gasteiger partial charge in [-0.3, -0.25) is 0 Å². The maximum Gasteiger partial charge on any atom is 0.410 e. The number of nitrogens with zero attached hydrogens (tertiary/aromatic N) is 3. The van der Waals surface area contributed by atoms with Gasteiger partial charge in [-0.1, -0.05) is 33.6 Å². The summed E-state index contributed by atoms with van der Waals surface area (Å²) in [6.07, 6.45) is 15.4. The minimum Gasteiger partial charge on any atom is -0.444 e. The zero-order valence-electron chi connectivity index (χ0n) is 28.9. The van der Waals surface area contributed by atoms with Crippen molar-refractivity contribution in [2.24, 2.45) is 5.41 Å². The second kappa shape index (κ2) is 13.9. The van der Waals surface area contributed by atoms with Gasteiger partial charge in [0, 0.05) is 38.9 Å². The van der Waals surface area contributed by atoms with E-state index in [1.165, 1.54) is 49.8 Å². The van der Waals surface area contributed by atoms with Crippen molar-refractivity contribution in [3.63, 3.8) is 0 Å². The van der Waals surface area contributed by atoms with E-state index in [4.69, 9.17) is 19.0 Å². The molecule has 0 aromatic carbocycles. The molecule has 1 N–H and O–H groups in total. The molecular formula is C34H62N4O4Si. The maximum atomic E-state index is 12.3. The molecule has 3 atom stereocenters. The summed E-state index contributed by atoms with van der Waals surface area (Å²) in [5, 5.41) is 9.09. The third-order valence-corrected chi connectivity index (χ3v) is 15.0. The van der Waals surface area contributed by atoms with Gasteiger partial charge in [-0.15, -0.1) is 0 Å². The summed E-state index contributed by atoms with van der Waals surface area (Å²) < 4.78 is 21.0. The Labute approximate surface area is 263 Å². The Balaban J connectivity index is 1.44. The summed E-state index contributed by atoms with van der Waals surface area (Å²) in [7, 11) is -0.0487. The molecule has 1 saturated heterocycles. The van der Waals surface area contributed by atoms with Crippen LogP contribution in [0.4, 0.5) is 4.79 Å². The Morgan fingerprint density at radius 2 is 1.81 bits per heavy atom. The smallest absolute Gasteiger partial charge is 0.410 e. The van der Waals surface area contributed by atoms with E-state index in [-0.39, 0.29) is 22.8 Å². The highest BCUT2D eigenvalue weighted by molar-refractivity contribution is 6.74. The number of aromatic nitrogens is 2. The number of carbonyl (C=O) groups is 1. The highest BCUT2D eigenvalue weighted by Crippen LogP contribution is 2.56. The quantitative estimate of drug-likeness (QED) is 0.213. The second-order valence-corrected chi connectivity index (χ2v) is 20.9. The summed E-state index contributed by atoms with van der Waals surface area (Å²) in [4.78, 5) is 14.0. The number of ether oxygens (including phenoxy) is 2. The molecular weight excluding hydrogens is 556 g/mol. The van der Waals surface area contributed by atoms with Crippen LogP contribution in [-0.4, -0.2) is 74.1 Å². The van der Waals surface area contributed by atoms with Gasteiger partial charge in [0.25, 0.3) is 0 Å². The SMILES string of the molecule is CN(CCNCCc1cn(C2CCCCO2)nc1C1CCC(O[Si](C)(C)C(C)(C)C)C2(CCCC2)C1)C(=O)OC(C)(C)C. The first kappa shape index (κ1) is 34.5. The molecule has 1 amide bonds. The molecule has 2 heterocycles. The third kappa shape index (κ3) is 8.86. The normalized spacial score (nSPS) is 24.8. The van der Waals surface area contributed by atoms with Gasteiger partial charge in [0.1, 0.15) is 11.8 Å². The molecule has 1 spiro atoms. The highest BCUT2D eigenvalue weighted by atomic mass is 28.4. The molecule has 0 radical (unpaired) electrons. The molecule has 4 rings (SSSR count). The number of hydrogen-bond donors (Lipinski definition) is 1. The Morgan fingerprint density at radius 3 is 2.44 bits per heavy atom. The second-order valence-electron chi connectivity index (χ2n) is 16.2. The molecule has 1 aliphatic heterocycles. The van der Waals surface area contributed by atoms with Crippen LogP contribution in [0.1, 0.15) is 129 Å². The zero-order valence-corrected chi connectivity index (χ0v) is 29.9.